The first-order valence-electron chi connectivity index (χ1n) is 7.65. The number of alkyl halides is 3. The second-order valence-electron chi connectivity index (χ2n) is 5.66. The number of halogens is 4. The van der Waals surface area contributed by atoms with Crippen molar-refractivity contribution >= 4 is 42.4 Å². The van der Waals surface area contributed by atoms with Gasteiger partial charge in [-0.05, 0) is 47.3 Å². The maximum Gasteiger partial charge on any atom is 0.516 e. The van der Waals surface area contributed by atoms with Crippen LogP contribution >= 0.6 is 15.9 Å². The van der Waals surface area contributed by atoms with Crippen molar-refractivity contribution in [1.29, 1.82) is 0 Å². The summed E-state index contributed by atoms with van der Waals surface area (Å²) in [6, 6.07) is 16.8. The molecule has 0 aromatic heterocycles. The van der Waals surface area contributed by atoms with E-state index in [1.54, 1.807) is 18.2 Å². The highest BCUT2D eigenvalue weighted by Crippen LogP contribution is 2.31. The van der Waals surface area contributed by atoms with E-state index in [0.29, 0.717) is 23.1 Å². The summed E-state index contributed by atoms with van der Waals surface area (Å²) in [5.74, 6) is 0.542. The van der Waals surface area contributed by atoms with E-state index in [2.05, 4.69) is 15.9 Å². The molecule has 1 N–H and O–H groups in total. The summed E-state index contributed by atoms with van der Waals surface area (Å²) < 4.78 is 68.3. The third-order valence-electron chi connectivity index (χ3n) is 3.70. The lowest BCUT2D eigenvalue weighted by atomic mass is 10.1. The van der Waals surface area contributed by atoms with Crippen LogP contribution in [0.4, 0.5) is 18.9 Å². The molecule has 0 atom stereocenters. The van der Waals surface area contributed by atoms with Crippen LogP contribution in [0, 0.1) is 0 Å². The molecule has 3 rings (SSSR count). The smallest absolute Gasteiger partial charge is 0.488 e. The van der Waals surface area contributed by atoms with Crippen LogP contribution in [0.5, 0.6) is 5.75 Å². The topological polar surface area (TPSA) is 55.4 Å². The van der Waals surface area contributed by atoms with Gasteiger partial charge in [0, 0.05) is 15.5 Å². The molecule has 0 amide bonds. The monoisotopic (exact) mass is 459 g/mol. The summed E-state index contributed by atoms with van der Waals surface area (Å²) in [6.45, 7) is 0.314. The quantitative estimate of drug-likeness (QED) is 0.552. The first-order chi connectivity index (χ1) is 12.7. The molecule has 0 fully saturated rings. The van der Waals surface area contributed by atoms with Crippen LogP contribution in [0.2, 0.25) is 0 Å². The second-order valence-corrected chi connectivity index (χ2v) is 8.25. The number of ether oxygens (including phenoxy) is 1. The van der Waals surface area contributed by atoms with Crippen molar-refractivity contribution in [3.8, 4) is 5.75 Å². The van der Waals surface area contributed by atoms with Gasteiger partial charge >= 0.3 is 15.5 Å². The lowest BCUT2D eigenvalue weighted by Crippen LogP contribution is -2.29. The Kier molecular flexibility index (Phi) is 5.34. The molecular weight excluding hydrogens is 447 g/mol. The summed E-state index contributed by atoms with van der Waals surface area (Å²) in [5.41, 5.74) is -4.60. The molecule has 142 valence electrons. The maximum atomic E-state index is 12.5. The predicted molar refractivity (Wildman–Crippen MR) is 101 cm³/mol. The van der Waals surface area contributed by atoms with Gasteiger partial charge in [-0.3, -0.25) is 4.72 Å². The van der Waals surface area contributed by atoms with Gasteiger partial charge in [0.25, 0.3) is 0 Å². The fraction of sp³-hybridized carbons (Fsp3) is 0.111. The highest BCUT2D eigenvalue weighted by atomic mass is 79.9. The van der Waals surface area contributed by atoms with E-state index in [4.69, 9.17) is 4.74 Å². The average molecular weight is 460 g/mol. The number of sulfonamides is 1. The van der Waals surface area contributed by atoms with E-state index >= 15 is 0 Å². The second kappa shape index (κ2) is 7.40. The minimum Gasteiger partial charge on any atom is -0.488 e. The minimum atomic E-state index is -5.46. The molecule has 0 saturated heterocycles. The molecule has 4 nitrogen and oxygen atoms in total. The number of nitrogens with one attached hydrogen (secondary N) is 1. The zero-order chi connectivity index (χ0) is 19.7. The van der Waals surface area contributed by atoms with Crippen LogP contribution in [0.15, 0.2) is 65.1 Å². The molecular formula is C18H13BrF3NO3S. The van der Waals surface area contributed by atoms with Crippen molar-refractivity contribution in [3.05, 3.63) is 70.7 Å². The molecule has 0 saturated carbocycles. The van der Waals surface area contributed by atoms with Gasteiger partial charge in [-0.1, -0.05) is 40.2 Å². The first kappa shape index (κ1) is 19.5. The normalized spacial score (nSPS) is 12.1. The number of benzene rings is 3. The molecule has 3 aromatic rings. The lowest BCUT2D eigenvalue weighted by molar-refractivity contribution is -0.0429. The number of fused-ring (bicyclic) bond motifs is 1. The predicted octanol–water partition coefficient (Wildman–Crippen LogP) is 5.44. The Labute approximate surface area is 162 Å². The van der Waals surface area contributed by atoms with Gasteiger partial charge in [0.1, 0.15) is 12.4 Å². The van der Waals surface area contributed by atoms with E-state index < -0.39 is 15.5 Å². The largest absolute Gasteiger partial charge is 0.516 e. The van der Waals surface area contributed by atoms with Crippen molar-refractivity contribution in [1.82, 2.24) is 0 Å². The van der Waals surface area contributed by atoms with Crippen molar-refractivity contribution in [2.24, 2.45) is 0 Å². The molecule has 27 heavy (non-hydrogen) atoms. The molecule has 9 heteroatoms. The van der Waals surface area contributed by atoms with Gasteiger partial charge in [-0.2, -0.15) is 21.6 Å². The van der Waals surface area contributed by atoms with Gasteiger partial charge in [0.15, 0.2) is 0 Å². The number of hydrogen-bond donors (Lipinski definition) is 1. The van der Waals surface area contributed by atoms with Crippen LogP contribution in [0.1, 0.15) is 5.56 Å². The van der Waals surface area contributed by atoms with Crippen molar-refractivity contribution < 1.29 is 26.3 Å². The van der Waals surface area contributed by atoms with E-state index in [1.807, 2.05) is 24.3 Å². The molecule has 0 radical (unpaired) electrons. The Morgan fingerprint density at radius 1 is 1.00 bits per heavy atom. The Balaban J connectivity index is 1.84. The fourth-order valence-electron chi connectivity index (χ4n) is 2.40. The van der Waals surface area contributed by atoms with Crippen LogP contribution in [0.25, 0.3) is 10.8 Å². The van der Waals surface area contributed by atoms with Crippen molar-refractivity contribution in [3.63, 3.8) is 0 Å². The van der Waals surface area contributed by atoms with E-state index in [0.717, 1.165) is 10.0 Å². The number of hydrogen-bond acceptors (Lipinski definition) is 3. The third kappa shape index (κ3) is 4.54. The summed E-state index contributed by atoms with van der Waals surface area (Å²) >= 11 is 3.35. The number of anilines is 1. The Bertz CT molecular complexity index is 1070. The van der Waals surface area contributed by atoms with Crippen LogP contribution in [-0.4, -0.2) is 13.9 Å². The first-order valence-corrected chi connectivity index (χ1v) is 9.92. The van der Waals surface area contributed by atoms with Crippen molar-refractivity contribution in [2.75, 3.05) is 4.72 Å². The molecule has 0 aliphatic carbocycles. The van der Waals surface area contributed by atoms with Crippen LogP contribution < -0.4 is 9.46 Å². The average Bonchev–Trinajstić information content (AvgIpc) is 2.59. The Morgan fingerprint density at radius 2 is 1.70 bits per heavy atom. The maximum absolute atomic E-state index is 12.5. The van der Waals surface area contributed by atoms with Gasteiger partial charge in [-0.25, -0.2) is 0 Å². The third-order valence-corrected chi connectivity index (χ3v) is 5.35. The van der Waals surface area contributed by atoms with Crippen LogP contribution in [-0.2, 0) is 16.6 Å². The fourth-order valence-corrected chi connectivity index (χ4v) is 3.22. The summed E-state index contributed by atoms with van der Waals surface area (Å²) in [5, 5.41) is 1.20. The van der Waals surface area contributed by atoms with Crippen LogP contribution in [0.3, 0.4) is 0 Å². The minimum absolute atomic E-state index is 0.176. The zero-order valence-corrected chi connectivity index (χ0v) is 16.0. The van der Waals surface area contributed by atoms with Crippen molar-refractivity contribution in [2.45, 2.75) is 12.1 Å². The Morgan fingerprint density at radius 3 is 2.37 bits per heavy atom. The van der Waals surface area contributed by atoms with Gasteiger partial charge in [-0.15, -0.1) is 0 Å². The van der Waals surface area contributed by atoms with Gasteiger partial charge in [0.05, 0.1) is 0 Å². The summed E-state index contributed by atoms with van der Waals surface area (Å²) in [4.78, 5) is 0. The molecule has 0 bridgehead atoms. The molecule has 0 aliphatic rings. The summed E-state index contributed by atoms with van der Waals surface area (Å²) in [7, 11) is -5.46. The molecule has 0 aliphatic heterocycles. The lowest BCUT2D eigenvalue weighted by Gasteiger charge is -2.13. The number of rotatable bonds is 5. The zero-order valence-electron chi connectivity index (χ0n) is 13.6. The molecule has 0 heterocycles. The van der Waals surface area contributed by atoms with Gasteiger partial charge < -0.3 is 4.74 Å². The van der Waals surface area contributed by atoms with E-state index in [-0.39, 0.29) is 5.69 Å². The van der Waals surface area contributed by atoms with E-state index in [1.165, 1.54) is 22.9 Å². The van der Waals surface area contributed by atoms with E-state index in [9.17, 15) is 21.6 Å². The molecule has 0 unspecified atom stereocenters. The standard InChI is InChI=1S/C18H13BrF3NO3S/c19-14-6-4-12(5-7-14)11-26-17-3-1-2-13-10-15(8-9-16(13)17)23-27(24,25)18(20,21)22/h1-10,23H,11H2. The molecule has 0 spiro atoms. The SMILES string of the molecule is O=S(=O)(Nc1ccc2c(OCc3ccc(Br)cc3)cccc2c1)C(F)(F)F. The highest BCUT2D eigenvalue weighted by molar-refractivity contribution is 9.10. The van der Waals surface area contributed by atoms with Gasteiger partial charge in [0.2, 0.25) is 0 Å². The molecule has 3 aromatic carbocycles. The Hall–Kier alpha value is -2.26. The highest BCUT2D eigenvalue weighted by Gasteiger charge is 2.46. The summed E-state index contributed by atoms with van der Waals surface area (Å²) in [6.07, 6.45) is 0.